The summed E-state index contributed by atoms with van der Waals surface area (Å²) < 4.78 is 29.6. The van der Waals surface area contributed by atoms with Gasteiger partial charge in [0.1, 0.15) is 5.75 Å². The second kappa shape index (κ2) is 6.59. The molecule has 3 nitrogen and oxygen atoms in total. The molecule has 0 aliphatic carbocycles. The van der Waals surface area contributed by atoms with Crippen molar-refractivity contribution in [3.05, 3.63) is 65.7 Å². The SMILES string of the molecule is COc1ccc(/C=C/CS(=O)(=O)c2ccccc2C)cc1. The zero-order valence-corrected chi connectivity index (χ0v) is 12.9. The molecule has 0 unspecified atom stereocenters. The van der Waals surface area contributed by atoms with Crippen molar-refractivity contribution in [1.82, 2.24) is 0 Å². The second-order valence-corrected chi connectivity index (χ2v) is 6.73. The van der Waals surface area contributed by atoms with E-state index in [4.69, 9.17) is 4.74 Å². The first-order chi connectivity index (χ1) is 10.0. The van der Waals surface area contributed by atoms with Gasteiger partial charge in [-0.05, 0) is 36.2 Å². The molecule has 0 radical (unpaired) electrons. The fourth-order valence-corrected chi connectivity index (χ4v) is 3.39. The Morgan fingerprint density at radius 2 is 1.71 bits per heavy atom. The zero-order valence-electron chi connectivity index (χ0n) is 12.1. The van der Waals surface area contributed by atoms with Crippen LogP contribution in [0, 0.1) is 6.92 Å². The first-order valence-corrected chi connectivity index (χ1v) is 8.27. The number of ether oxygens (including phenoxy) is 1. The number of aryl methyl sites for hydroxylation is 1. The molecule has 2 rings (SSSR count). The predicted octanol–water partition coefficient (Wildman–Crippen LogP) is 3.49. The van der Waals surface area contributed by atoms with E-state index in [2.05, 4.69) is 0 Å². The Kier molecular flexibility index (Phi) is 4.81. The highest BCUT2D eigenvalue weighted by Crippen LogP contribution is 2.17. The molecule has 4 heteroatoms. The molecule has 0 aliphatic rings. The minimum Gasteiger partial charge on any atom is -0.497 e. The average Bonchev–Trinajstić information content (AvgIpc) is 2.48. The zero-order chi connectivity index (χ0) is 15.3. The molecular formula is C17H18O3S. The lowest BCUT2D eigenvalue weighted by Gasteiger charge is -2.05. The molecule has 0 saturated heterocycles. The van der Waals surface area contributed by atoms with Gasteiger partial charge in [-0.1, -0.05) is 42.5 Å². The maximum atomic E-state index is 12.3. The van der Waals surface area contributed by atoms with Crippen molar-refractivity contribution in [3.8, 4) is 5.75 Å². The summed E-state index contributed by atoms with van der Waals surface area (Å²) in [6.45, 7) is 1.81. The number of hydrogen-bond acceptors (Lipinski definition) is 3. The molecule has 110 valence electrons. The summed E-state index contributed by atoms with van der Waals surface area (Å²) in [5, 5.41) is 0. The molecule has 0 aliphatic heterocycles. The van der Waals surface area contributed by atoms with Crippen LogP contribution in [0.4, 0.5) is 0 Å². The van der Waals surface area contributed by atoms with E-state index < -0.39 is 9.84 Å². The van der Waals surface area contributed by atoms with Gasteiger partial charge >= 0.3 is 0 Å². The molecule has 2 aromatic carbocycles. The maximum absolute atomic E-state index is 12.3. The van der Waals surface area contributed by atoms with Crippen LogP contribution in [0.2, 0.25) is 0 Å². The van der Waals surface area contributed by atoms with E-state index in [0.717, 1.165) is 16.9 Å². The van der Waals surface area contributed by atoms with Crippen LogP contribution >= 0.6 is 0 Å². The van der Waals surface area contributed by atoms with Gasteiger partial charge in [-0.25, -0.2) is 8.42 Å². The van der Waals surface area contributed by atoms with Crippen LogP contribution in [0.3, 0.4) is 0 Å². The molecule has 0 bridgehead atoms. The summed E-state index contributed by atoms with van der Waals surface area (Å²) in [6.07, 6.45) is 3.47. The first kappa shape index (κ1) is 15.3. The number of sulfone groups is 1. The Bertz CT molecular complexity index is 729. The highest BCUT2D eigenvalue weighted by molar-refractivity contribution is 7.91. The van der Waals surface area contributed by atoms with E-state index in [-0.39, 0.29) is 5.75 Å². The average molecular weight is 302 g/mol. The molecule has 21 heavy (non-hydrogen) atoms. The lowest BCUT2D eigenvalue weighted by molar-refractivity contribution is 0.415. The molecule has 2 aromatic rings. The predicted molar refractivity (Wildman–Crippen MR) is 85.3 cm³/mol. The fraction of sp³-hybridized carbons (Fsp3) is 0.176. The molecule has 0 fully saturated rings. The Hall–Kier alpha value is -2.07. The van der Waals surface area contributed by atoms with Gasteiger partial charge < -0.3 is 4.74 Å². The van der Waals surface area contributed by atoms with Gasteiger partial charge in [0.05, 0.1) is 17.8 Å². The van der Waals surface area contributed by atoms with Gasteiger partial charge in [0, 0.05) is 0 Å². The maximum Gasteiger partial charge on any atom is 0.182 e. The van der Waals surface area contributed by atoms with Crippen molar-refractivity contribution >= 4 is 15.9 Å². The standard InChI is InChI=1S/C17H18O3S/c1-14-6-3-4-8-17(14)21(18,19)13-5-7-15-9-11-16(20-2)12-10-15/h3-12H,13H2,1-2H3/b7-5+. The van der Waals surface area contributed by atoms with Crippen molar-refractivity contribution in [1.29, 1.82) is 0 Å². The summed E-state index contributed by atoms with van der Waals surface area (Å²) >= 11 is 0. The smallest absolute Gasteiger partial charge is 0.182 e. The van der Waals surface area contributed by atoms with E-state index >= 15 is 0 Å². The third-order valence-electron chi connectivity index (χ3n) is 3.17. The van der Waals surface area contributed by atoms with Crippen LogP contribution in [-0.4, -0.2) is 21.3 Å². The third-order valence-corrected chi connectivity index (χ3v) is 4.93. The van der Waals surface area contributed by atoms with Gasteiger partial charge in [0.25, 0.3) is 0 Å². The molecule has 0 aromatic heterocycles. The van der Waals surface area contributed by atoms with Crippen molar-refractivity contribution in [2.45, 2.75) is 11.8 Å². The van der Waals surface area contributed by atoms with Crippen molar-refractivity contribution in [3.63, 3.8) is 0 Å². The number of benzene rings is 2. The third kappa shape index (κ3) is 3.95. The van der Waals surface area contributed by atoms with E-state index in [9.17, 15) is 8.42 Å². The first-order valence-electron chi connectivity index (χ1n) is 6.62. The van der Waals surface area contributed by atoms with E-state index in [1.807, 2.05) is 30.3 Å². The summed E-state index contributed by atoms with van der Waals surface area (Å²) in [5.74, 6) is 0.767. The van der Waals surface area contributed by atoms with Gasteiger partial charge in [0.15, 0.2) is 9.84 Å². The normalized spacial score (nSPS) is 11.7. The molecule has 0 heterocycles. The molecule has 0 amide bonds. The number of methoxy groups -OCH3 is 1. The fourth-order valence-electron chi connectivity index (χ4n) is 2.02. The Morgan fingerprint density at radius 3 is 2.33 bits per heavy atom. The van der Waals surface area contributed by atoms with E-state index in [0.29, 0.717) is 4.90 Å². The Balaban J connectivity index is 2.11. The Labute approximate surface area is 125 Å². The Morgan fingerprint density at radius 1 is 1.05 bits per heavy atom. The summed E-state index contributed by atoms with van der Waals surface area (Å²) in [7, 11) is -1.67. The number of rotatable bonds is 5. The van der Waals surface area contributed by atoms with Crippen LogP contribution in [-0.2, 0) is 9.84 Å². The van der Waals surface area contributed by atoms with Crippen LogP contribution in [0.1, 0.15) is 11.1 Å². The van der Waals surface area contributed by atoms with E-state index in [1.165, 1.54) is 0 Å². The minimum absolute atomic E-state index is 0.0100. The number of hydrogen-bond donors (Lipinski definition) is 0. The molecular weight excluding hydrogens is 284 g/mol. The van der Waals surface area contributed by atoms with Crippen LogP contribution in [0.25, 0.3) is 6.08 Å². The summed E-state index contributed by atoms with van der Waals surface area (Å²) in [5.41, 5.74) is 1.71. The van der Waals surface area contributed by atoms with Crippen molar-refractivity contribution in [2.75, 3.05) is 12.9 Å². The van der Waals surface area contributed by atoms with Gasteiger partial charge in [-0.15, -0.1) is 0 Å². The summed E-state index contributed by atoms with van der Waals surface area (Å²) in [6, 6.07) is 14.5. The minimum atomic E-state index is -3.29. The van der Waals surface area contributed by atoms with Crippen molar-refractivity contribution in [2.24, 2.45) is 0 Å². The summed E-state index contributed by atoms with van der Waals surface area (Å²) in [4.78, 5) is 0.393. The quantitative estimate of drug-likeness (QED) is 0.849. The van der Waals surface area contributed by atoms with Gasteiger partial charge in [-0.2, -0.15) is 0 Å². The molecule has 0 spiro atoms. The van der Waals surface area contributed by atoms with Crippen LogP contribution in [0.15, 0.2) is 59.5 Å². The monoisotopic (exact) mass is 302 g/mol. The lowest BCUT2D eigenvalue weighted by atomic mass is 10.2. The van der Waals surface area contributed by atoms with Crippen molar-refractivity contribution < 1.29 is 13.2 Å². The largest absolute Gasteiger partial charge is 0.497 e. The highest BCUT2D eigenvalue weighted by Gasteiger charge is 2.14. The van der Waals surface area contributed by atoms with Crippen LogP contribution < -0.4 is 4.74 Å². The molecule has 0 N–H and O–H groups in total. The topological polar surface area (TPSA) is 43.4 Å². The second-order valence-electron chi connectivity index (χ2n) is 4.72. The molecule has 0 saturated carbocycles. The lowest BCUT2D eigenvalue weighted by Crippen LogP contribution is -2.06. The molecule has 0 atom stereocenters. The van der Waals surface area contributed by atoms with E-state index in [1.54, 1.807) is 44.4 Å². The van der Waals surface area contributed by atoms with Gasteiger partial charge in [0.2, 0.25) is 0 Å². The van der Waals surface area contributed by atoms with Crippen LogP contribution in [0.5, 0.6) is 5.75 Å². The van der Waals surface area contributed by atoms with Gasteiger partial charge in [-0.3, -0.25) is 0 Å². The highest BCUT2D eigenvalue weighted by atomic mass is 32.2.